The molecule has 0 bridgehead atoms. The summed E-state index contributed by atoms with van der Waals surface area (Å²) < 4.78 is 10.8. The van der Waals surface area contributed by atoms with Crippen molar-refractivity contribution in [2.75, 3.05) is 0 Å². The number of esters is 1. The number of benzene rings is 3. The third kappa shape index (κ3) is 8.91. The fourth-order valence-corrected chi connectivity index (χ4v) is 3.61. The summed E-state index contributed by atoms with van der Waals surface area (Å²) in [5.74, 6) is -0.996. The average Bonchev–Trinajstić information content (AvgIpc) is 2.91. The van der Waals surface area contributed by atoms with Gasteiger partial charge in [0.25, 0.3) is 0 Å². The van der Waals surface area contributed by atoms with Crippen molar-refractivity contribution in [2.24, 2.45) is 0 Å². The molecule has 0 heterocycles. The van der Waals surface area contributed by atoms with Crippen LogP contribution in [0.4, 0.5) is 4.79 Å². The monoisotopic (exact) mass is 488 g/mol. The molecule has 0 saturated carbocycles. The Balaban J connectivity index is 1.64. The van der Waals surface area contributed by atoms with E-state index in [-0.39, 0.29) is 19.6 Å². The van der Waals surface area contributed by atoms with Crippen molar-refractivity contribution in [3.8, 4) is 0 Å². The van der Waals surface area contributed by atoms with Crippen LogP contribution in [0.5, 0.6) is 0 Å². The Bertz CT molecular complexity index is 1090. The maximum atomic E-state index is 13.2. The zero-order valence-corrected chi connectivity index (χ0v) is 20.4. The maximum absolute atomic E-state index is 13.2. The van der Waals surface area contributed by atoms with E-state index in [2.05, 4.69) is 10.6 Å². The van der Waals surface area contributed by atoms with Crippen molar-refractivity contribution < 1.29 is 23.9 Å². The van der Waals surface area contributed by atoms with Crippen LogP contribution in [-0.4, -0.2) is 30.1 Å². The molecule has 3 aromatic carbocycles. The fraction of sp³-hybridized carbons (Fsp3) is 0.276. The van der Waals surface area contributed by atoms with Gasteiger partial charge in [-0.2, -0.15) is 0 Å². The third-order valence-corrected chi connectivity index (χ3v) is 5.51. The minimum Gasteiger partial charge on any atom is -0.459 e. The molecule has 0 aliphatic carbocycles. The van der Waals surface area contributed by atoms with Gasteiger partial charge in [0.1, 0.15) is 25.3 Å². The van der Waals surface area contributed by atoms with E-state index in [4.69, 9.17) is 9.47 Å². The van der Waals surface area contributed by atoms with E-state index in [1.54, 1.807) is 0 Å². The van der Waals surface area contributed by atoms with Gasteiger partial charge in [-0.15, -0.1) is 0 Å². The van der Waals surface area contributed by atoms with Crippen molar-refractivity contribution in [1.29, 1.82) is 0 Å². The Labute approximate surface area is 211 Å². The van der Waals surface area contributed by atoms with Crippen LogP contribution < -0.4 is 10.6 Å². The number of carbonyl (C=O) groups excluding carboxylic acids is 3. The van der Waals surface area contributed by atoms with Gasteiger partial charge in [0.2, 0.25) is 5.91 Å². The van der Waals surface area contributed by atoms with Crippen molar-refractivity contribution in [1.82, 2.24) is 10.6 Å². The van der Waals surface area contributed by atoms with E-state index in [0.29, 0.717) is 12.8 Å². The van der Waals surface area contributed by atoms with Crippen molar-refractivity contribution in [2.45, 2.75) is 51.5 Å². The molecule has 3 aromatic rings. The fourth-order valence-electron chi connectivity index (χ4n) is 3.61. The van der Waals surface area contributed by atoms with Gasteiger partial charge in [0.15, 0.2) is 0 Å². The number of ether oxygens (including phenoxy) is 2. The van der Waals surface area contributed by atoms with Crippen LogP contribution in [0, 0.1) is 0 Å². The first-order valence-corrected chi connectivity index (χ1v) is 12.1. The zero-order valence-electron chi connectivity index (χ0n) is 20.4. The molecule has 2 unspecified atom stereocenters. The Kier molecular flexibility index (Phi) is 10.5. The Morgan fingerprint density at radius 3 is 1.69 bits per heavy atom. The van der Waals surface area contributed by atoms with E-state index in [9.17, 15) is 14.4 Å². The van der Waals surface area contributed by atoms with Gasteiger partial charge in [-0.1, -0.05) is 104 Å². The normalized spacial score (nSPS) is 12.1. The molecular formula is C29H32N2O5. The number of nitrogens with one attached hydrogen (secondary N) is 2. The number of hydrogen-bond donors (Lipinski definition) is 2. The van der Waals surface area contributed by atoms with Crippen LogP contribution in [-0.2, 0) is 38.7 Å². The number of amides is 2. The first kappa shape index (κ1) is 26.5. The van der Waals surface area contributed by atoms with Gasteiger partial charge in [0.05, 0.1) is 0 Å². The summed E-state index contributed by atoms with van der Waals surface area (Å²) in [6.07, 6.45) is 0.607. The molecule has 0 spiro atoms. The molecule has 2 atom stereocenters. The van der Waals surface area contributed by atoms with Gasteiger partial charge in [-0.05, 0) is 23.1 Å². The second-order valence-corrected chi connectivity index (χ2v) is 8.39. The lowest BCUT2D eigenvalue weighted by atomic mass is 10.0. The number of carbonyl (C=O) groups is 3. The summed E-state index contributed by atoms with van der Waals surface area (Å²) in [7, 11) is 0. The minimum atomic E-state index is -0.933. The maximum Gasteiger partial charge on any atom is 0.408 e. The van der Waals surface area contributed by atoms with Crippen molar-refractivity contribution >= 4 is 18.0 Å². The molecule has 0 fully saturated rings. The van der Waals surface area contributed by atoms with E-state index in [0.717, 1.165) is 16.7 Å². The first-order chi connectivity index (χ1) is 17.5. The molecule has 0 aromatic heterocycles. The van der Waals surface area contributed by atoms with E-state index < -0.39 is 30.1 Å². The van der Waals surface area contributed by atoms with E-state index >= 15 is 0 Å². The van der Waals surface area contributed by atoms with Gasteiger partial charge < -0.3 is 20.1 Å². The number of alkyl carbamates (subject to hydrolysis) is 1. The third-order valence-electron chi connectivity index (χ3n) is 5.51. The van der Waals surface area contributed by atoms with Crippen molar-refractivity contribution in [3.05, 3.63) is 108 Å². The van der Waals surface area contributed by atoms with Gasteiger partial charge >= 0.3 is 12.1 Å². The highest BCUT2D eigenvalue weighted by Crippen LogP contribution is 2.09. The SMILES string of the molecule is CCCC(NC(=O)C(Cc1ccccc1)NC(=O)OCc1ccccc1)C(=O)OCc1ccccc1. The minimum absolute atomic E-state index is 0.0800. The Morgan fingerprint density at radius 1 is 0.667 bits per heavy atom. The second-order valence-electron chi connectivity index (χ2n) is 8.39. The van der Waals surface area contributed by atoms with Crippen LogP contribution in [0.1, 0.15) is 36.5 Å². The summed E-state index contributed by atoms with van der Waals surface area (Å²) in [4.78, 5) is 38.5. The molecule has 0 aliphatic rings. The molecular weight excluding hydrogens is 456 g/mol. The molecule has 2 amide bonds. The van der Waals surface area contributed by atoms with Gasteiger partial charge in [-0.25, -0.2) is 9.59 Å². The second kappa shape index (κ2) is 14.3. The molecule has 7 nitrogen and oxygen atoms in total. The standard InChI is InChI=1S/C29H32N2O5/c1-2-12-25(28(33)35-20-23-15-8-4-9-16-23)30-27(32)26(19-22-13-6-3-7-14-22)31-29(34)36-21-24-17-10-5-11-18-24/h3-11,13-18,25-26H,2,12,19-21H2,1H3,(H,30,32)(H,31,34). The molecule has 0 aliphatic heterocycles. The summed E-state index contributed by atoms with van der Waals surface area (Å²) in [6.45, 7) is 2.12. The predicted molar refractivity (Wildman–Crippen MR) is 137 cm³/mol. The van der Waals surface area contributed by atoms with Crippen LogP contribution in [0.2, 0.25) is 0 Å². The molecule has 188 valence electrons. The molecule has 2 N–H and O–H groups in total. The summed E-state index contributed by atoms with van der Waals surface area (Å²) in [5.41, 5.74) is 2.55. The van der Waals surface area contributed by atoms with Gasteiger partial charge in [0, 0.05) is 6.42 Å². The molecule has 3 rings (SSSR count). The highest BCUT2D eigenvalue weighted by Gasteiger charge is 2.28. The molecule has 0 saturated heterocycles. The first-order valence-electron chi connectivity index (χ1n) is 12.1. The highest BCUT2D eigenvalue weighted by atomic mass is 16.5. The largest absolute Gasteiger partial charge is 0.459 e. The highest BCUT2D eigenvalue weighted by molar-refractivity contribution is 5.89. The lowest BCUT2D eigenvalue weighted by Crippen LogP contribution is -2.52. The topological polar surface area (TPSA) is 93.7 Å². The number of hydrogen-bond acceptors (Lipinski definition) is 5. The van der Waals surface area contributed by atoms with Crippen LogP contribution in [0.3, 0.4) is 0 Å². The summed E-state index contributed by atoms with van der Waals surface area (Å²) in [5, 5.41) is 5.42. The summed E-state index contributed by atoms with van der Waals surface area (Å²) >= 11 is 0. The Hall–Kier alpha value is -4.13. The molecule has 36 heavy (non-hydrogen) atoms. The van der Waals surface area contributed by atoms with E-state index in [1.807, 2.05) is 97.9 Å². The average molecular weight is 489 g/mol. The zero-order chi connectivity index (χ0) is 25.6. The Morgan fingerprint density at radius 2 is 1.17 bits per heavy atom. The quantitative estimate of drug-likeness (QED) is 0.365. The van der Waals surface area contributed by atoms with Crippen molar-refractivity contribution in [3.63, 3.8) is 0 Å². The number of rotatable bonds is 12. The van der Waals surface area contributed by atoms with Crippen LogP contribution in [0.15, 0.2) is 91.0 Å². The van der Waals surface area contributed by atoms with E-state index in [1.165, 1.54) is 0 Å². The smallest absolute Gasteiger partial charge is 0.408 e. The molecule has 7 heteroatoms. The predicted octanol–water partition coefficient (Wildman–Crippen LogP) is 4.55. The van der Waals surface area contributed by atoms with Crippen LogP contribution >= 0.6 is 0 Å². The van der Waals surface area contributed by atoms with Gasteiger partial charge in [-0.3, -0.25) is 4.79 Å². The molecule has 0 radical (unpaired) electrons. The lowest BCUT2D eigenvalue weighted by molar-refractivity contribution is -0.149. The lowest BCUT2D eigenvalue weighted by Gasteiger charge is -2.22. The van der Waals surface area contributed by atoms with Crippen LogP contribution in [0.25, 0.3) is 0 Å². The summed E-state index contributed by atoms with van der Waals surface area (Å²) in [6, 6.07) is 26.2.